The zero-order valence-electron chi connectivity index (χ0n) is 7.21. The van der Waals surface area contributed by atoms with Crippen LogP contribution in [0.4, 0.5) is 10.2 Å². The fourth-order valence-corrected chi connectivity index (χ4v) is 1.06. The Morgan fingerprint density at radius 1 is 1.62 bits per heavy atom. The maximum Gasteiger partial charge on any atom is 0.381 e. The minimum atomic E-state index is -1.06. The zero-order chi connectivity index (χ0) is 9.84. The molecule has 3 nitrogen and oxygen atoms in total. The Hall–Kier alpha value is -1.58. The summed E-state index contributed by atoms with van der Waals surface area (Å²) in [6.45, 7) is 1.96. The summed E-state index contributed by atoms with van der Waals surface area (Å²) in [5.74, 6) is -1.06. The second-order valence-corrected chi connectivity index (χ2v) is 2.64. The van der Waals surface area contributed by atoms with Gasteiger partial charge in [-0.2, -0.15) is 0 Å². The second-order valence-electron chi connectivity index (χ2n) is 2.64. The summed E-state index contributed by atoms with van der Waals surface area (Å²) in [6.07, 6.45) is 0.815. The van der Waals surface area contributed by atoms with Crippen LogP contribution in [0.25, 0.3) is 0 Å². The first-order valence-corrected chi connectivity index (χ1v) is 3.90. The van der Waals surface area contributed by atoms with E-state index >= 15 is 0 Å². The Balaban J connectivity index is 3.05. The molecule has 2 N–H and O–H groups in total. The minimum Gasteiger partial charge on any atom is -0.398 e. The molecular formula is C9H10FNO2. The van der Waals surface area contributed by atoms with Crippen LogP contribution >= 0.6 is 0 Å². The SMILES string of the molecule is CCc1ccc(C(=O)OF)c(N)c1. The molecule has 1 aromatic carbocycles. The van der Waals surface area contributed by atoms with Crippen molar-refractivity contribution in [3.05, 3.63) is 29.3 Å². The van der Waals surface area contributed by atoms with E-state index in [0.29, 0.717) is 0 Å². The van der Waals surface area contributed by atoms with Gasteiger partial charge in [-0.15, -0.1) is 0 Å². The predicted molar refractivity (Wildman–Crippen MR) is 46.8 cm³/mol. The molecule has 13 heavy (non-hydrogen) atoms. The van der Waals surface area contributed by atoms with Gasteiger partial charge in [0.05, 0.1) is 5.56 Å². The van der Waals surface area contributed by atoms with Crippen molar-refractivity contribution in [1.29, 1.82) is 0 Å². The molecular weight excluding hydrogens is 173 g/mol. The monoisotopic (exact) mass is 183 g/mol. The largest absolute Gasteiger partial charge is 0.398 e. The van der Waals surface area contributed by atoms with Crippen LogP contribution < -0.4 is 5.73 Å². The smallest absolute Gasteiger partial charge is 0.381 e. The number of nitrogens with two attached hydrogens (primary N) is 1. The lowest BCUT2D eigenvalue weighted by atomic mass is 10.1. The van der Waals surface area contributed by atoms with Crippen molar-refractivity contribution in [2.75, 3.05) is 5.73 Å². The number of benzene rings is 1. The van der Waals surface area contributed by atoms with E-state index in [4.69, 9.17) is 5.73 Å². The third-order valence-electron chi connectivity index (χ3n) is 1.81. The standard InChI is InChI=1S/C9H10FNO2/c1-2-6-3-4-7(8(11)5-6)9(12)13-10/h3-5H,2,11H2,1H3. The molecule has 0 saturated heterocycles. The van der Waals surface area contributed by atoms with Gasteiger partial charge in [-0.25, -0.2) is 9.74 Å². The van der Waals surface area contributed by atoms with Gasteiger partial charge in [0.25, 0.3) is 0 Å². The molecule has 0 atom stereocenters. The predicted octanol–water partition coefficient (Wildman–Crippen LogP) is 1.87. The molecule has 0 amide bonds. The third-order valence-corrected chi connectivity index (χ3v) is 1.81. The number of anilines is 1. The van der Waals surface area contributed by atoms with Crippen LogP contribution in [0.3, 0.4) is 0 Å². The molecule has 0 saturated carbocycles. The van der Waals surface area contributed by atoms with Gasteiger partial charge < -0.3 is 5.73 Å². The van der Waals surface area contributed by atoms with E-state index in [0.717, 1.165) is 12.0 Å². The first-order chi connectivity index (χ1) is 6.19. The van der Waals surface area contributed by atoms with Gasteiger partial charge in [0.15, 0.2) is 0 Å². The molecule has 1 aromatic rings. The van der Waals surface area contributed by atoms with E-state index in [1.807, 2.05) is 6.92 Å². The van der Waals surface area contributed by atoms with Crippen LogP contribution in [0.2, 0.25) is 0 Å². The average molecular weight is 183 g/mol. The molecule has 0 heterocycles. The second kappa shape index (κ2) is 3.89. The van der Waals surface area contributed by atoms with Gasteiger partial charge >= 0.3 is 5.97 Å². The normalized spacial score (nSPS) is 9.69. The summed E-state index contributed by atoms with van der Waals surface area (Å²) in [4.78, 5) is 13.8. The summed E-state index contributed by atoms with van der Waals surface area (Å²) < 4.78 is 11.5. The van der Waals surface area contributed by atoms with Crippen LogP contribution in [-0.2, 0) is 11.4 Å². The minimum absolute atomic E-state index is 0.0553. The number of rotatable bonds is 2. The Labute approximate surface area is 75.2 Å². The number of carbonyl (C=O) groups excluding carboxylic acids is 1. The number of carbonyl (C=O) groups is 1. The summed E-state index contributed by atoms with van der Waals surface area (Å²) in [6, 6.07) is 4.80. The number of hydrogen-bond donors (Lipinski definition) is 1. The lowest BCUT2D eigenvalue weighted by Crippen LogP contribution is -2.04. The number of aryl methyl sites for hydroxylation is 1. The molecule has 0 aromatic heterocycles. The number of halogens is 1. The van der Waals surface area contributed by atoms with Gasteiger partial charge in [-0.1, -0.05) is 13.0 Å². The van der Waals surface area contributed by atoms with E-state index in [2.05, 4.69) is 4.94 Å². The highest BCUT2D eigenvalue weighted by molar-refractivity contribution is 5.94. The Kier molecular flexibility index (Phi) is 2.84. The van der Waals surface area contributed by atoms with Crippen molar-refractivity contribution in [2.45, 2.75) is 13.3 Å². The zero-order valence-corrected chi connectivity index (χ0v) is 7.21. The van der Waals surface area contributed by atoms with Gasteiger partial charge in [0.1, 0.15) is 0 Å². The van der Waals surface area contributed by atoms with E-state index in [-0.39, 0.29) is 11.3 Å². The maximum absolute atomic E-state index is 11.5. The van der Waals surface area contributed by atoms with E-state index in [1.54, 1.807) is 12.1 Å². The Bertz CT molecular complexity index is 325. The summed E-state index contributed by atoms with van der Waals surface area (Å²) >= 11 is 0. The first kappa shape index (κ1) is 9.51. The van der Waals surface area contributed by atoms with Crippen molar-refractivity contribution in [3.8, 4) is 0 Å². The molecule has 0 radical (unpaired) electrons. The third kappa shape index (κ3) is 1.96. The van der Waals surface area contributed by atoms with Crippen molar-refractivity contribution < 1.29 is 14.3 Å². The Morgan fingerprint density at radius 2 is 2.31 bits per heavy atom. The highest BCUT2D eigenvalue weighted by Gasteiger charge is 2.11. The molecule has 0 bridgehead atoms. The van der Waals surface area contributed by atoms with Crippen LogP contribution in [-0.4, -0.2) is 5.97 Å². The highest BCUT2D eigenvalue weighted by atomic mass is 19.3. The van der Waals surface area contributed by atoms with E-state index in [1.165, 1.54) is 6.07 Å². The van der Waals surface area contributed by atoms with Gasteiger partial charge in [0, 0.05) is 10.2 Å². The average Bonchev–Trinajstić information content (AvgIpc) is 2.16. The van der Waals surface area contributed by atoms with Crippen LogP contribution in [0, 0.1) is 0 Å². The Morgan fingerprint density at radius 3 is 2.77 bits per heavy atom. The molecule has 70 valence electrons. The van der Waals surface area contributed by atoms with Crippen molar-refractivity contribution >= 4 is 11.7 Å². The van der Waals surface area contributed by atoms with Crippen molar-refractivity contribution in [3.63, 3.8) is 0 Å². The molecule has 0 aliphatic rings. The molecule has 0 unspecified atom stereocenters. The highest BCUT2D eigenvalue weighted by Crippen LogP contribution is 2.15. The van der Waals surface area contributed by atoms with Crippen molar-refractivity contribution in [2.24, 2.45) is 0 Å². The molecule has 0 aliphatic carbocycles. The maximum atomic E-state index is 11.5. The number of hydrogen-bond acceptors (Lipinski definition) is 3. The summed E-state index contributed by atoms with van der Waals surface area (Å²) in [7, 11) is 0. The summed E-state index contributed by atoms with van der Waals surface area (Å²) in [5.41, 5.74) is 6.79. The quantitative estimate of drug-likeness (QED) is 0.712. The van der Waals surface area contributed by atoms with Crippen LogP contribution in [0.1, 0.15) is 22.8 Å². The fraction of sp³-hybridized carbons (Fsp3) is 0.222. The lowest BCUT2D eigenvalue weighted by Gasteiger charge is -2.02. The lowest BCUT2D eigenvalue weighted by molar-refractivity contribution is -0.0787. The summed E-state index contributed by atoms with van der Waals surface area (Å²) in [5, 5.41) is 0. The molecule has 4 heteroatoms. The molecule has 1 rings (SSSR count). The van der Waals surface area contributed by atoms with Gasteiger partial charge in [-0.3, -0.25) is 0 Å². The van der Waals surface area contributed by atoms with Crippen LogP contribution in [0.5, 0.6) is 0 Å². The first-order valence-electron chi connectivity index (χ1n) is 3.90. The molecule has 0 spiro atoms. The van der Waals surface area contributed by atoms with E-state index in [9.17, 15) is 9.32 Å². The molecule has 0 fully saturated rings. The van der Waals surface area contributed by atoms with Gasteiger partial charge in [0.2, 0.25) is 0 Å². The van der Waals surface area contributed by atoms with Crippen molar-refractivity contribution in [1.82, 2.24) is 0 Å². The van der Waals surface area contributed by atoms with Crippen LogP contribution in [0.15, 0.2) is 18.2 Å². The van der Waals surface area contributed by atoms with Gasteiger partial charge in [-0.05, 0) is 24.1 Å². The molecule has 0 aliphatic heterocycles. The number of nitrogen functional groups attached to an aromatic ring is 1. The topological polar surface area (TPSA) is 52.3 Å². The van der Waals surface area contributed by atoms with E-state index < -0.39 is 5.97 Å². The fourth-order valence-electron chi connectivity index (χ4n) is 1.06.